The molecule has 1 aromatic heterocycles. The summed E-state index contributed by atoms with van der Waals surface area (Å²) in [6.07, 6.45) is 1.88. The van der Waals surface area contributed by atoms with Crippen LogP contribution in [0.25, 0.3) is 0 Å². The number of morpholine rings is 1. The molecule has 0 amide bonds. The number of rotatable bonds is 6. The Bertz CT molecular complexity index is 625. The highest BCUT2D eigenvalue weighted by Gasteiger charge is 2.24. The highest BCUT2D eigenvalue weighted by atomic mass is 35.5. The topological polar surface area (TPSA) is 53.2 Å². The Morgan fingerprint density at radius 3 is 2.83 bits per heavy atom. The third-order valence-electron chi connectivity index (χ3n) is 4.34. The van der Waals surface area contributed by atoms with E-state index in [4.69, 9.17) is 16.3 Å². The van der Waals surface area contributed by atoms with E-state index >= 15 is 0 Å². The molecule has 2 heterocycles. The monoisotopic (exact) mass is 334 g/mol. The largest absolute Gasteiger partial charge is 0.379 e. The smallest absolute Gasteiger partial charge is 0.0594 e. The van der Waals surface area contributed by atoms with E-state index in [1.807, 2.05) is 25.3 Å². The molecule has 0 spiro atoms. The lowest BCUT2D eigenvalue weighted by Gasteiger charge is -2.35. The zero-order valence-corrected chi connectivity index (χ0v) is 14.1. The summed E-state index contributed by atoms with van der Waals surface area (Å²) in [4.78, 5) is 2.44. The molecule has 6 heteroatoms. The molecule has 2 aromatic rings. The molecule has 1 aliphatic heterocycles. The molecule has 1 saturated heterocycles. The van der Waals surface area contributed by atoms with Crippen molar-refractivity contribution in [3.05, 3.63) is 52.3 Å². The SMILES string of the molecule is Cc1[nH]ncc1CNCC(c1ccccc1Cl)N1CCOCC1. The molecule has 1 unspecified atom stereocenters. The van der Waals surface area contributed by atoms with Crippen LogP contribution in [0.3, 0.4) is 0 Å². The summed E-state index contributed by atoms with van der Waals surface area (Å²) in [5, 5.41) is 11.4. The van der Waals surface area contributed by atoms with E-state index in [9.17, 15) is 0 Å². The van der Waals surface area contributed by atoms with Gasteiger partial charge in [-0.3, -0.25) is 10.00 Å². The molecule has 1 fully saturated rings. The normalized spacial score (nSPS) is 17.3. The van der Waals surface area contributed by atoms with Crippen molar-refractivity contribution in [2.24, 2.45) is 0 Å². The zero-order chi connectivity index (χ0) is 16.1. The van der Waals surface area contributed by atoms with Crippen LogP contribution in [0.4, 0.5) is 0 Å². The van der Waals surface area contributed by atoms with E-state index in [0.29, 0.717) is 0 Å². The summed E-state index contributed by atoms with van der Waals surface area (Å²) in [7, 11) is 0. The van der Waals surface area contributed by atoms with Crippen LogP contribution in [0.15, 0.2) is 30.5 Å². The standard InChI is InChI=1S/C17H23ClN4O/c1-13-14(11-20-21-13)10-19-12-17(22-6-8-23-9-7-22)15-4-2-3-5-16(15)18/h2-5,11,17,19H,6-10,12H2,1H3,(H,20,21). The van der Waals surface area contributed by atoms with E-state index in [2.05, 4.69) is 32.5 Å². The number of nitrogens with zero attached hydrogens (tertiary/aromatic N) is 2. The maximum atomic E-state index is 6.44. The summed E-state index contributed by atoms with van der Waals surface area (Å²) in [5.74, 6) is 0. The van der Waals surface area contributed by atoms with Gasteiger partial charge in [0.2, 0.25) is 0 Å². The molecule has 0 radical (unpaired) electrons. The summed E-state index contributed by atoms with van der Waals surface area (Å²) >= 11 is 6.44. The van der Waals surface area contributed by atoms with Crippen LogP contribution < -0.4 is 5.32 Å². The molecule has 23 heavy (non-hydrogen) atoms. The van der Waals surface area contributed by atoms with Crippen molar-refractivity contribution >= 4 is 11.6 Å². The van der Waals surface area contributed by atoms with Crippen molar-refractivity contribution in [2.75, 3.05) is 32.8 Å². The number of aromatic nitrogens is 2. The fourth-order valence-corrected chi connectivity index (χ4v) is 3.23. The molecule has 1 atom stereocenters. The van der Waals surface area contributed by atoms with E-state index in [-0.39, 0.29) is 6.04 Å². The Kier molecular flexibility index (Phi) is 5.67. The van der Waals surface area contributed by atoms with E-state index < -0.39 is 0 Å². The van der Waals surface area contributed by atoms with Gasteiger partial charge >= 0.3 is 0 Å². The summed E-state index contributed by atoms with van der Waals surface area (Å²) in [5.41, 5.74) is 3.48. The van der Waals surface area contributed by atoms with Crippen LogP contribution in [0.2, 0.25) is 5.02 Å². The number of ether oxygens (including phenoxy) is 1. The van der Waals surface area contributed by atoms with Gasteiger partial charge in [-0.25, -0.2) is 0 Å². The zero-order valence-electron chi connectivity index (χ0n) is 13.4. The van der Waals surface area contributed by atoms with Crippen molar-refractivity contribution in [3.8, 4) is 0 Å². The first-order chi connectivity index (χ1) is 11.3. The molecule has 0 saturated carbocycles. The van der Waals surface area contributed by atoms with Gasteiger partial charge in [0.15, 0.2) is 0 Å². The van der Waals surface area contributed by atoms with Crippen LogP contribution in [0.5, 0.6) is 0 Å². The van der Waals surface area contributed by atoms with Crippen LogP contribution in [-0.4, -0.2) is 47.9 Å². The predicted molar refractivity (Wildman–Crippen MR) is 91.6 cm³/mol. The Labute approximate surface area is 142 Å². The van der Waals surface area contributed by atoms with Gasteiger partial charge in [-0.2, -0.15) is 5.10 Å². The maximum absolute atomic E-state index is 6.44. The number of H-pyrrole nitrogens is 1. The molecule has 1 aliphatic rings. The Morgan fingerprint density at radius 1 is 1.35 bits per heavy atom. The average Bonchev–Trinajstić information content (AvgIpc) is 2.99. The van der Waals surface area contributed by atoms with Crippen molar-refractivity contribution < 1.29 is 4.74 Å². The molecule has 0 aliphatic carbocycles. The third kappa shape index (κ3) is 4.12. The molecular formula is C17H23ClN4O. The number of aromatic amines is 1. The first-order valence-corrected chi connectivity index (χ1v) is 8.39. The Balaban J connectivity index is 1.70. The van der Waals surface area contributed by atoms with Gasteiger partial charge in [-0.05, 0) is 18.6 Å². The number of hydrogen-bond acceptors (Lipinski definition) is 4. The van der Waals surface area contributed by atoms with Gasteiger partial charge in [-0.1, -0.05) is 29.8 Å². The second-order valence-electron chi connectivity index (χ2n) is 5.84. The van der Waals surface area contributed by atoms with Crippen molar-refractivity contribution in [3.63, 3.8) is 0 Å². The van der Waals surface area contributed by atoms with Crippen molar-refractivity contribution in [1.29, 1.82) is 0 Å². The number of benzene rings is 1. The highest BCUT2D eigenvalue weighted by molar-refractivity contribution is 6.31. The van der Waals surface area contributed by atoms with Crippen LogP contribution >= 0.6 is 11.6 Å². The Morgan fingerprint density at radius 2 is 2.13 bits per heavy atom. The Hall–Kier alpha value is -1.40. The van der Waals surface area contributed by atoms with Gasteiger partial charge in [0.1, 0.15) is 0 Å². The minimum atomic E-state index is 0.250. The first-order valence-electron chi connectivity index (χ1n) is 8.01. The van der Waals surface area contributed by atoms with Gasteiger partial charge in [0, 0.05) is 48.5 Å². The second kappa shape index (κ2) is 7.93. The van der Waals surface area contributed by atoms with Crippen molar-refractivity contribution in [1.82, 2.24) is 20.4 Å². The molecule has 2 N–H and O–H groups in total. The van der Waals surface area contributed by atoms with Gasteiger partial charge < -0.3 is 10.1 Å². The fraction of sp³-hybridized carbons (Fsp3) is 0.471. The van der Waals surface area contributed by atoms with E-state index in [0.717, 1.165) is 50.1 Å². The minimum absolute atomic E-state index is 0.250. The van der Waals surface area contributed by atoms with Crippen LogP contribution in [0, 0.1) is 6.92 Å². The third-order valence-corrected chi connectivity index (χ3v) is 4.68. The maximum Gasteiger partial charge on any atom is 0.0594 e. The lowest BCUT2D eigenvalue weighted by Crippen LogP contribution is -2.42. The summed E-state index contributed by atoms with van der Waals surface area (Å²) in [6, 6.07) is 8.36. The van der Waals surface area contributed by atoms with E-state index in [1.165, 1.54) is 11.1 Å². The van der Waals surface area contributed by atoms with Gasteiger partial charge in [-0.15, -0.1) is 0 Å². The van der Waals surface area contributed by atoms with Crippen LogP contribution in [-0.2, 0) is 11.3 Å². The number of hydrogen-bond donors (Lipinski definition) is 2. The fourth-order valence-electron chi connectivity index (χ4n) is 2.97. The molecule has 0 bridgehead atoms. The highest BCUT2D eigenvalue weighted by Crippen LogP contribution is 2.27. The molecule has 124 valence electrons. The first kappa shape index (κ1) is 16.5. The summed E-state index contributed by atoms with van der Waals surface area (Å²) in [6.45, 7) is 7.10. The van der Waals surface area contributed by atoms with E-state index in [1.54, 1.807) is 0 Å². The lowest BCUT2D eigenvalue weighted by molar-refractivity contribution is 0.0161. The predicted octanol–water partition coefficient (Wildman–Crippen LogP) is 2.53. The quantitative estimate of drug-likeness (QED) is 0.852. The number of aryl methyl sites for hydroxylation is 1. The summed E-state index contributed by atoms with van der Waals surface area (Å²) < 4.78 is 5.49. The molecular weight excluding hydrogens is 312 g/mol. The second-order valence-corrected chi connectivity index (χ2v) is 6.24. The lowest BCUT2D eigenvalue weighted by atomic mass is 10.0. The molecule has 3 rings (SSSR count). The molecule has 1 aromatic carbocycles. The van der Waals surface area contributed by atoms with Gasteiger partial charge in [0.05, 0.1) is 19.4 Å². The number of halogens is 1. The average molecular weight is 335 g/mol. The number of nitrogens with one attached hydrogen (secondary N) is 2. The van der Waals surface area contributed by atoms with Crippen LogP contribution in [0.1, 0.15) is 22.9 Å². The van der Waals surface area contributed by atoms with Gasteiger partial charge in [0.25, 0.3) is 0 Å². The molecule has 5 nitrogen and oxygen atoms in total. The minimum Gasteiger partial charge on any atom is -0.379 e. The van der Waals surface area contributed by atoms with Crippen molar-refractivity contribution in [2.45, 2.75) is 19.5 Å².